The van der Waals surface area contributed by atoms with E-state index in [9.17, 15) is 4.79 Å². The van der Waals surface area contributed by atoms with Gasteiger partial charge in [-0.05, 0) is 19.1 Å². The number of ether oxygens (including phenoxy) is 1. The molecule has 2 aromatic rings. The number of hydrogen-bond acceptors (Lipinski definition) is 3. The van der Waals surface area contributed by atoms with Crippen LogP contribution in [-0.2, 0) is 11.8 Å². The average Bonchev–Trinajstić information content (AvgIpc) is 2.86. The summed E-state index contributed by atoms with van der Waals surface area (Å²) >= 11 is 0. The second-order valence-corrected chi connectivity index (χ2v) is 5.33. The lowest BCUT2D eigenvalue weighted by Gasteiger charge is -2.32. The molecule has 21 heavy (non-hydrogen) atoms. The quantitative estimate of drug-likeness (QED) is 0.847. The molecular weight excluding hydrogens is 266 g/mol. The molecule has 0 radical (unpaired) electrons. The van der Waals surface area contributed by atoms with E-state index < -0.39 is 0 Å². The fraction of sp³-hybridized carbons (Fsp3) is 0.375. The van der Waals surface area contributed by atoms with Crippen LogP contribution in [0.15, 0.2) is 36.5 Å². The molecule has 110 valence electrons. The van der Waals surface area contributed by atoms with Crippen molar-refractivity contribution in [3.8, 4) is 0 Å². The molecule has 5 nitrogen and oxygen atoms in total. The third-order valence-corrected chi connectivity index (χ3v) is 3.70. The van der Waals surface area contributed by atoms with E-state index in [2.05, 4.69) is 4.98 Å². The van der Waals surface area contributed by atoms with Gasteiger partial charge in [0.15, 0.2) is 0 Å². The molecule has 1 saturated heterocycles. The summed E-state index contributed by atoms with van der Waals surface area (Å²) in [5.74, 6) is 0.924. The van der Waals surface area contributed by atoms with Crippen molar-refractivity contribution in [2.45, 2.75) is 13.0 Å². The van der Waals surface area contributed by atoms with E-state index in [-0.39, 0.29) is 12.0 Å². The highest BCUT2D eigenvalue weighted by Crippen LogP contribution is 2.22. The van der Waals surface area contributed by atoms with Crippen molar-refractivity contribution < 1.29 is 9.53 Å². The average molecular weight is 285 g/mol. The Hall–Kier alpha value is -2.14. The number of hydrogen-bond donors (Lipinski definition) is 0. The SMILES string of the molecule is Cc1cn(C)c(C2CN(C(=O)c3ccccc3)CCO2)n1. The van der Waals surface area contributed by atoms with Gasteiger partial charge in [0.05, 0.1) is 18.8 Å². The first-order valence-corrected chi connectivity index (χ1v) is 7.11. The van der Waals surface area contributed by atoms with Gasteiger partial charge in [-0.3, -0.25) is 4.79 Å². The highest BCUT2D eigenvalue weighted by molar-refractivity contribution is 5.94. The Kier molecular flexibility index (Phi) is 3.75. The van der Waals surface area contributed by atoms with E-state index in [0.717, 1.165) is 11.5 Å². The van der Waals surface area contributed by atoms with Gasteiger partial charge < -0.3 is 14.2 Å². The lowest BCUT2D eigenvalue weighted by Crippen LogP contribution is -2.42. The molecule has 2 heterocycles. The summed E-state index contributed by atoms with van der Waals surface area (Å²) in [4.78, 5) is 18.9. The van der Waals surface area contributed by atoms with Crippen LogP contribution >= 0.6 is 0 Å². The Balaban J connectivity index is 1.77. The second kappa shape index (κ2) is 5.69. The summed E-state index contributed by atoms with van der Waals surface area (Å²) in [7, 11) is 1.96. The Morgan fingerprint density at radius 3 is 2.76 bits per heavy atom. The van der Waals surface area contributed by atoms with Gasteiger partial charge in [0.25, 0.3) is 5.91 Å². The zero-order valence-corrected chi connectivity index (χ0v) is 12.3. The molecule has 0 spiro atoms. The van der Waals surface area contributed by atoms with Gasteiger partial charge in [-0.15, -0.1) is 0 Å². The van der Waals surface area contributed by atoms with Crippen LogP contribution < -0.4 is 0 Å². The number of carbonyl (C=O) groups excluding carboxylic acids is 1. The maximum atomic E-state index is 12.5. The zero-order valence-electron chi connectivity index (χ0n) is 12.3. The summed E-state index contributed by atoms with van der Waals surface area (Å²) in [6.45, 7) is 3.65. The number of rotatable bonds is 2. The van der Waals surface area contributed by atoms with E-state index in [4.69, 9.17) is 4.74 Å². The molecule has 1 unspecified atom stereocenters. The van der Waals surface area contributed by atoms with Crippen molar-refractivity contribution in [1.29, 1.82) is 0 Å². The van der Waals surface area contributed by atoms with Crippen molar-refractivity contribution in [2.24, 2.45) is 7.05 Å². The largest absolute Gasteiger partial charge is 0.367 e. The molecule has 1 fully saturated rings. The Bertz CT molecular complexity index is 636. The molecule has 0 N–H and O–H groups in total. The molecule has 0 bridgehead atoms. The van der Waals surface area contributed by atoms with Gasteiger partial charge in [-0.2, -0.15) is 0 Å². The minimum Gasteiger partial charge on any atom is -0.367 e. The fourth-order valence-corrected chi connectivity index (χ4v) is 2.69. The maximum absolute atomic E-state index is 12.5. The lowest BCUT2D eigenvalue weighted by molar-refractivity contribution is -0.0279. The van der Waals surface area contributed by atoms with E-state index in [1.54, 1.807) is 0 Å². The smallest absolute Gasteiger partial charge is 0.254 e. The van der Waals surface area contributed by atoms with E-state index >= 15 is 0 Å². The Morgan fingerprint density at radius 1 is 1.33 bits per heavy atom. The predicted octanol–water partition coefficient (Wildman–Crippen LogP) is 1.94. The summed E-state index contributed by atoms with van der Waals surface area (Å²) in [5, 5.41) is 0. The van der Waals surface area contributed by atoms with E-state index in [1.807, 2.05) is 60.0 Å². The molecule has 3 rings (SSSR count). The highest BCUT2D eigenvalue weighted by atomic mass is 16.5. The van der Waals surface area contributed by atoms with Gasteiger partial charge >= 0.3 is 0 Å². The van der Waals surface area contributed by atoms with Crippen molar-refractivity contribution in [1.82, 2.24) is 14.5 Å². The van der Waals surface area contributed by atoms with Crippen molar-refractivity contribution in [2.75, 3.05) is 19.7 Å². The molecule has 1 amide bonds. The van der Waals surface area contributed by atoms with Crippen molar-refractivity contribution in [3.63, 3.8) is 0 Å². The van der Waals surface area contributed by atoms with Crippen molar-refractivity contribution in [3.05, 3.63) is 53.6 Å². The predicted molar refractivity (Wildman–Crippen MR) is 79.0 cm³/mol. The molecule has 1 aliphatic heterocycles. The first-order valence-electron chi connectivity index (χ1n) is 7.11. The van der Waals surface area contributed by atoms with E-state index in [1.165, 1.54) is 0 Å². The number of benzene rings is 1. The third-order valence-electron chi connectivity index (χ3n) is 3.70. The zero-order chi connectivity index (χ0) is 14.8. The van der Waals surface area contributed by atoms with Gasteiger partial charge in [0.2, 0.25) is 0 Å². The first-order chi connectivity index (χ1) is 10.1. The molecular formula is C16H19N3O2. The Morgan fingerprint density at radius 2 is 2.10 bits per heavy atom. The number of nitrogens with zero attached hydrogens (tertiary/aromatic N) is 3. The molecule has 1 aliphatic rings. The fourth-order valence-electron chi connectivity index (χ4n) is 2.69. The summed E-state index contributed by atoms with van der Waals surface area (Å²) in [5.41, 5.74) is 1.68. The van der Waals surface area contributed by atoms with Crippen LogP contribution in [0, 0.1) is 6.92 Å². The summed E-state index contributed by atoms with van der Waals surface area (Å²) in [6, 6.07) is 9.37. The van der Waals surface area contributed by atoms with Gasteiger partial charge in [-0.25, -0.2) is 4.98 Å². The number of amides is 1. The molecule has 0 saturated carbocycles. The number of imidazole rings is 1. The van der Waals surface area contributed by atoms with E-state index in [0.29, 0.717) is 25.3 Å². The van der Waals surface area contributed by atoms with Crippen LogP contribution in [0.5, 0.6) is 0 Å². The monoisotopic (exact) mass is 285 g/mol. The number of carbonyl (C=O) groups is 1. The molecule has 1 aromatic heterocycles. The number of morpholine rings is 1. The second-order valence-electron chi connectivity index (χ2n) is 5.33. The maximum Gasteiger partial charge on any atom is 0.254 e. The topological polar surface area (TPSA) is 47.4 Å². The standard InChI is InChI=1S/C16H19N3O2/c1-12-10-18(2)15(17-12)14-11-19(8-9-21-14)16(20)13-6-4-3-5-7-13/h3-7,10,14H,8-9,11H2,1-2H3. The van der Waals surface area contributed by atoms with Crippen LogP contribution in [0.4, 0.5) is 0 Å². The van der Waals surface area contributed by atoms with Gasteiger partial charge in [0, 0.05) is 25.4 Å². The van der Waals surface area contributed by atoms with Crippen LogP contribution in [0.2, 0.25) is 0 Å². The first kappa shape index (κ1) is 13.8. The number of aromatic nitrogens is 2. The molecule has 1 aromatic carbocycles. The molecule has 5 heteroatoms. The lowest BCUT2D eigenvalue weighted by atomic mass is 10.1. The molecule has 1 atom stereocenters. The van der Waals surface area contributed by atoms with Crippen LogP contribution in [-0.4, -0.2) is 40.1 Å². The highest BCUT2D eigenvalue weighted by Gasteiger charge is 2.28. The Labute approximate surface area is 124 Å². The normalized spacial score (nSPS) is 18.8. The van der Waals surface area contributed by atoms with Crippen molar-refractivity contribution >= 4 is 5.91 Å². The summed E-state index contributed by atoms with van der Waals surface area (Å²) < 4.78 is 7.77. The molecule has 0 aliphatic carbocycles. The van der Waals surface area contributed by atoms with Crippen LogP contribution in [0.25, 0.3) is 0 Å². The van der Waals surface area contributed by atoms with Gasteiger partial charge in [0.1, 0.15) is 11.9 Å². The van der Waals surface area contributed by atoms with Gasteiger partial charge in [-0.1, -0.05) is 18.2 Å². The third kappa shape index (κ3) is 2.83. The number of aryl methyl sites for hydroxylation is 2. The van der Waals surface area contributed by atoms with Crippen LogP contribution in [0.1, 0.15) is 28.0 Å². The minimum atomic E-state index is -0.162. The summed E-state index contributed by atoms with van der Waals surface area (Å²) in [6.07, 6.45) is 1.81. The van der Waals surface area contributed by atoms with Crippen LogP contribution in [0.3, 0.4) is 0 Å². The minimum absolute atomic E-state index is 0.0508.